The molecule has 2 aromatic heterocycles. The van der Waals surface area contributed by atoms with Crippen LogP contribution in [0.5, 0.6) is 0 Å². The number of halogens is 4. The Balaban J connectivity index is 1.16. The second-order valence-corrected chi connectivity index (χ2v) is 10.4. The van der Waals surface area contributed by atoms with Crippen molar-refractivity contribution in [2.24, 2.45) is 0 Å². The molecular weight excluding hydrogens is 563 g/mol. The summed E-state index contributed by atoms with van der Waals surface area (Å²) in [6.45, 7) is 2.58. The van der Waals surface area contributed by atoms with Gasteiger partial charge >= 0.3 is 6.18 Å². The van der Waals surface area contributed by atoms with Gasteiger partial charge in [0.25, 0.3) is 5.91 Å². The van der Waals surface area contributed by atoms with Gasteiger partial charge in [0.1, 0.15) is 16.7 Å². The third kappa shape index (κ3) is 7.08. The lowest BCUT2D eigenvalue weighted by molar-refractivity contribution is -0.137. The van der Waals surface area contributed by atoms with E-state index in [0.717, 1.165) is 11.6 Å². The van der Waals surface area contributed by atoms with Crippen LogP contribution in [0.1, 0.15) is 27.2 Å². The topological polar surface area (TPSA) is 74.5 Å². The number of nitrogens with zero attached hydrogens (tertiary/aromatic N) is 4. The number of rotatable bonds is 8. The van der Waals surface area contributed by atoms with Gasteiger partial charge in [-0.25, -0.2) is 9.97 Å². The van der Waals surface area contributed by atoms with Gasteiger partial charge in [-0.2, -0.15) is 13.2 Å². The van der Waals surface area contributed by atoms with Crippen LogP contribution in [-0.2, 0) is 18.5 Å². The summed E-state index contributed by atoms with van der Waals surface area (Å²) >= 11 is 7.73. The molecule has 1 aliphatic heterocycles. The molecule has 208 valence electrons. The molecule has 0 radical (unpaired) electrons. The summed E-state index contributed by atoms with van der Waals surface area (Å²) in [6.07, 6.45) is -2.81. The number of anilines is 2. The van der Waals surface area contributed by atoms with E-state index in [4.69, 9.17) is 16.0 Å². The SMILES string of the molecule is O=C(NCc1ccco1)c1ccc(CSc2nc(Cl)cc(N3CCN(c4cccc(C(F)(F)F)c4)CC3)n2)cc1. The zero-order chi connectivity index (χ0) is 28.1. The highest BCUT2D eigenvalue weighted by Gasteiger charge is 2.31. The van der Waals surface area contributed by atoms with Crippen LogP contribution in [0.15, 0.2) is 82.6 Å². The van der Waals surface area contributed by atoms with Crippen molar-refractivity contribution in [3.8, 4) is 0 Å². The normalized spacial score (nSPS) is 13.9. The fourth-order valence-corrected chi connectivity index (χ4v) is 5.30. The molecular formula is C28H25ClF3N5O2S. The standard InChI is InChI=1S/C28H25ClF3N5O2S/c29-24-16-25(37-12-10-36(11-13-37)22-4-1-3-21(15-22)28(30,31)32)35-27(34-24)40-18-19-6-8-20(9-7-19)26(38)33-17-23-5-2-14-39-23/h1-9,14-16H,10-13,17-18H2,(H,33,38). The van der Waals surface area contributed by atoms with E-state index < -0.39 is 11.7 Å². The average Bonchev–Trinajstić information content (AvgIpc) is 3.48. The van der Waals surface area contributed by atoms with Gasteiger partial charge in [0.2, 0.25) is 0 Å². The van der Waals surface area contributed by atoms with Crippen molar-refractivity contribution in [2.45, 2.75) is 23.6 Å². The van der Waals surface area contributed by atoms with Crippen molar-refractivity contribution in [2.75, 3.05) is 36.0 Å². The molecule has 0 bridgehead atoms. The first-order valence-electron chi connectivity index (χ1n) is 12.5. The van der Waals surface area contributed by atoms with Crippen LogP contribution < -0.4 is 15.1 Å². The number of amides is 1. The van der Waals surface area contributed by atoms with E-state index in [9.17, 15) is 18.0 Å². The molecule has 5 rings (SSSR count). The number of nitrogens with one attached hydrogen (secondary N) is 1. The van der Waals surface area contributed by atoms with Gasteiger partial charge in [-0.05, 0) is 48.0 Å². The minimum Gasteiger partial charge on any atom is -0.467 e. The Kier molecular flexibility index (Phi) is 8.51. The zero-order valence-electron chi connectivity index (χ0n) is 21.2. The summed E-state index contributed by atoms with van der Waals surface area (Å²) in [5, 5.41) is 3.65. The maximum absolute atomic E-state index is 13.1. The highest BCUT2D eigenvalue weighted by molar-refractivity contribution is 7.98. The fraction of sp³-hybridized carbons (Fsp3) is 0.250. The molecule has 7 nitrogen and oxygen atoms in total. The quantitative estimate of drug-likeness (QED) is 0.147. The Morgan fingerprint density at radius 1 is 0.975 bits per heavy atom. The van der Waals surface area contributed by atoms with E-state index in [0.29, 0.717) is 71.6 Å². The number of thioether (sulfide) groups is 1. The lowest BCUT2D eigenvalue weighted by Crippen LogP contribution is -2.47. The van der Waals surface area contributed by atoms with Crippen LogP contribution >= 0.6 is 23.4 Å². The Morgan fingerprint density at radius 2 is 1.73 bits per heavy atom. The summed E-state index contributed by atoms with van der Waals surface area (Å²) in [4.78, 5) is 25.4. The monoisotopic (exact) mass is 587 g/mol. The lowest BCUT2D eigenvalue weighted by Gasteiger charge is -2.37. The molecule has 0 aliphatic carbocycles. The molecule has 1 amide bonds. The number of aromatic nitrogens is 2. The molecule has 0 saturated carbocycles. The van der Waals surface area contributed by atoms with E-state index in [1.165, 1.54) is 23.9 Å². The van der Waals surface area contributed by atoms with Crippen molar-refractivity contribution in [3.63, 3.8) is 0 Å². The smallest absolute Gasteiger partial charge is 0.416 e. The van der Waals surface area contributed by atoms with E-state index in [2.05, 4.69) is 20.2 Å². The molecule has 40 heavy (non-hydrogen) atoms. The lowest BCUT2D eigenvalue weighted by atomic mass is 10.1. The summed E-state index contributed by atoms with van der Waals surface area (Å²) in [7, 11) is 0. The molecule has 0 spiro atoms. The molecule has 2 aromatic carbocycles. The summed E-state index contributed by atoms with van der Waals surface area (Å²) in [6, 6.07) is 18.0. The first-order chi connectivity index (χ1) is 19.2. The van der Waals surface area contributed by atoms with Gasteiger partial charge in [-0.15, -0.1) is 0 Å². The van der Waals surface area contributed by atoms with E-state index in [1.807, 2.05) is 17.0 Å². The summed E-state index contributed by atoms with van der Waals surface area (Å²) < 4.78 is 44.6. The molecule has 1 N–H and O–H groups in total. The van der Waals surface area contributed by atoms with Gasteiger partial charge in [0.05, 0.1) is 18.4 Å². The summed E-state index contributed by atoms with van der Waals surface area (Å²) in [5.41, 5.74) is 1.44. The van der Waals surface area contributed by atoms with Crippen molar-refractivity contribution in [1.82, 2.24) is 15.3 Å². The number of benzene rings is 2. The van der Waals surface area contributed by atoms with Crippen LogP contribution in [0.4, 0.5) is 24.7 Å². The second-order valence-electron chi connectivity index (χ2n) is 9.10. The molecule has 4 aromatic rings. The largest absolute Gasteiger partial charge is 0.467 e. The number of piperazine rings is 1. The Labute approximate surface area is 238 Å². The molecule has 12 heteroatoms. The zero-order valence-corrected chi connectivity index (χ0v) is 22.8. The predicted molar refractivity (Wildman–Crippen MR) is 149 cm³/mol. The highest BCUT2D eigenvalue weighted by Crippen LogP contribution is 2.32. The first-order valence-corrected chi connectivity index (χ1v) is 13.8. The third-order valence-corrected chi connectivity index (χ3v) is 7.50. The molecule has 3 heterocycles. The highest BCUT2D eigenvalue weighted by atomic mass is 35.5. The van der Waals surface area contributed by atoms with Crippen molar-refractivity contribution in [3.05, 3.63) is 101 Å². The maximum atomic E-state index is 13.1. The molecule has 0 unspecified atom stereocenters. The van der Waals surface area contributed by atoms with E-state index in [-0.39, 0.29) is 5.91 Å². The van der Waals surface area contributed by atoms with Crippen molar-refractivity contribution >= 4 is 40.8 Å². The Hall–Kier alpha value is -3.70. The van der Waals surface area contributed by atoms with Gasteiger partial charge in [0, 0.05) is 49.2 Å². The number of carbonyl (C=O) groups is 1. The molecule has 1 saturated heterocycles. The summed E-state index contributed by atoms with van der Waals surface area (Å²) in [5.74, 6) is 1.75. The van der Waals surface area contributed by atoms with Crippen LogP contribution in [-0.4, -0.2) is 42.1 Å². The Bertz CT molecular complexity index is 1440. The third-order valence-electron chi connectivity index (χ3n) is 6.39. The average molecular weight is 588 g/mol. The number of hydrogen-bond acceptors (Lipinski definition) is 7. The number of furan rings is 1. The minimum atomic E-state index is -4.37. The fourth-order valence-electron chi connectivity index (χ4n) is 4.27. The number of alkyl halides is 3. The second kappa shape index (κ2) is 12.2. The van der Waals surface area contributed by atoms with Crippen LogP contribution in [0.3, 0.4) is 0 Å². The van der Waals surface area contributed by atoms with Gasteiger partial charge in [-0.3, -0.25) is 4.79 Å². The molecule has 1 fully saturated rings. The molecule has 0 atom stereocenters. The van der Waals surface area contributed by atoms with Crippen LogP contribution in [0.25, 0.3) is 0 Å². The first kappa shape index (κ1) is 27.9. The predicted octanol–water partition coefficient (Wildman–Crippen LogP) is 6.29. The minimum absolute atomic E-state index is 0.188. The van der Waals surface area contributed by atoms with E-state index >= 15 is 0 Å². The van der Waals surface area contributed by atoms with Gasteiger partial charge in [0.15, 0.2) is 5.16 Å². The maximum Gasteiger partial charge on any atom is 0.416 e. The van der Waals surface area contributed by atoms with Crippen molar-refractivity contribution in [1.29, 1.82) is 0 Å². The van der Waals surface area contributed by atoms with E-state index in [1.54, 1.807) is 42.7 Å². The van der Waals surface area contributed by atoms with Gasteiger partial charge < -0.3 is 19.5 Å². The van der Waals surface area contributed by atoms with Gasteiger partial charge in [-0.1, -0.05) is 41.6 Å². The Morgan fingerprint density at radius 3 is 2.42 bits per heavy atom. The van der Waals surface area contributed by atoms with Crippen LogP contribution in [0.2, 0.25) is 5.15 Å². The number of hydrogen-bond donors (Lipinski definition) is 1. The number of carbonyl (C=O) groups excluding carboxylic acids is 1. The van der Waals surface area contributed by atoms with Crippen molar-refractivity contribution < 1.29 is 22.4 Å². The molecule has 1 aliphatic rings. The van der Waals surface area contributed by atoms with Crippen LogP contribution in [0, 0.1) is 0 Å².